The second kappa shape index (κ2) is 6.20. The van der Waals surface area contributed by atoms with E-state index in [4.69, 9.17) is 4.74 Å². The first-order valence-corrected chi connectivity index (χ1v) is 8.13. The van der Waals surface area contributed by atoms with E-state index in [-0.39, 0.29) is 23.8 Å². The van der Waals surface area contributed by atoms with Gasteiger partial charge in [0.25, 0.3) is 0 Å². The average Bonchev–Trinajstić information content (AvgIpc) is 3.10. The number of aromatic hydroxyl groups is 1. The van der Waals surface area contributed by atoms with Gasteiger partial charge in [-0.1, -0.05) is 0 Å². The van der Waals surface area contributed by atoms with Crippen LogP contribution in [0.4, 0.5) is 5.69 Å². The molecule has 2 saturated heterocycles. The molecular formula is C17H22N2O4. The van der Waals surface area contributed by atoms with Gasteiger partial charge < -0.3 is 15.2 Å². The number of fused-ring (bicyclic) bond motifs is 1. The summed E-state index contributed by atoms with van der Waals surface area (Å²) in [6.07, 6.45) is 3.78. The summed E-state index contributed by atoms with van der Waals surface area (Å²) in [5.41, 5.74) is 0.173. The van der Waals surface area contributed by atoms with E-state index in [1.165, 1.54) is 6.07 Å². The lowest BCUT2D eigenvalue weighted by Gasteiger charge is -2.30. The summed E-state index contributed by atoms with van der Waals surface area (Å²) < 4.78 is 4.90. The number of nitrogens with zero attached hydrogens (tertiary/aromatic N) is 1. The molecule has 124 valence electrons. The molecule has 23 heavy (non-hydrogen) atoms. The normalized spacial score (nSPS) is 19.3. The van der Waals surface area contributed by atoms with Gasteiger partial charge in [-0.2, -0.15) is 0 Å². The highest BCUT2D eigenvalue weighted by atomic mass is 16.5. The van der Waals surface area contributed by atoms with Crippen molar-refractivity contribution in [2.45, 2.75) is 38.1 Å². The molecule has 6 heteroatoms. The smallest absolute Gasteiger partial charge is 0.338 e. The van der Waals surface area contributed by atoms with Crippen LogP contribution in [-0.4, -0.2) is 47.1 Å². The summed E-state index contributed by atoms with van der Waals surface area (Å²) in [5.74, 6) is -0.674. The number of hydrogen-bond donors (Lipinski definition) is 2. The largest absolute Gasteiger partial charge is 0.506 e. The van der Waals surface area contributed by atoms with Crippen molar-refractivity contribution < 1.29 is 19.4 Å². The Morgan fingerprint density at radius 3 is 2.61 bits per heavy atom. The molecule has 2 N–H and O–H groups in total. The predicted molar refractivity (Wildman–Crippen MR) is 85.5 cm³/mol. The SMILES string of the molecule is CCOC(=O)c1ccc(NC(=O)C23CCCN2CCC3)c(O)c1. The zero-order chi connectivity index (χ0) is 16.4. The number of rotatable bonds is 4. The van der Waals surface area contributed by atoms with Gasteiger partial charge in [0.1, 0.15) is 11.3 Å². The molecule has 6 nitrogen and oxygen atoms in total. The van der Waals surface area contributed by atoms with Gasteiger partial charge in [-0.05, 0) is 63.9 Å². The number of carbonyl (C=O) groups excluding carboxylic acids is 2. The molecule has 2 aliphatic heterocycles. The fourth-order valence-electron chi connectivity index (χ4n) is 3.69. The van der Waals surface area contributed by atoms with Gasteiger partial charge >= 0.3 is 5.97 Å². The summed E-state index contributed by atoms with van der Waals surface area (Å²) in [7, 11) is 0. The van der Waals surface area contributed by atoms with Crippen molar-refractivity contribution in [1.29, 1.82) is 0 Å². The van der Waals surface area contributed by atoms with Crippen LogP contribution in [0.5, 0.6) is 5.75 Å². The van der Waals surface area contributed by atoms with Gasteiger partial charge in [0, 0.05) is 0 Å². The quantitative estimate of drug-likeness (QED) is 0.657. The Hall–Kier alpha value is -2.08. The molecule has 2 aliphatic rings. The third kappa shape index (κ3) is 2.79. The van der Waals surface area contributed by atoms with Crippen LogP contribution in [0.15, 0.2) is 18.2 Å². The zero-order valence-corrected chi connectivity index (χ0v) is 13.3. The Bertz CT molecular complexity index is 619. The van der Waals surface area contributed by atoms with E-state index < -0.39 is 11.5 Å². The predicted octanol–water partition coefficient (Wildman–Crippen LogP) is 2.14. The number of phenols is 1. The summed E-state index contributed by atoms with van der Waals surface area (Å²) >= 11 is 0. The van der Waals surface area contributed by atoms with Crippen LogP contribution in [0.1, 0.15) is 43.0 Å². The molecule has 0 bridgehead atoms. The molecule has 2 heterocycles. The molecule has 0 atom stereocenters. The van der Waals surface area contributed by atoms with Crippen molar-refractivity contribution in [1.82, 2.24) is 4.90 Å². The van der Waals surface area contributed by atoms with Crippen molar-refractivity contribution in [3.05, 3.63) is 23.8 Å². The second-order valence-electron chi connectivity index (χ2n) is 6.13. The number of ether oxygens (including phenoxy) is 1. The summed E-state index contributed by atoms with van der Waals surface area (Å²) in [4.78, 5) is 26.6. The summed E-state index contributed by atoms with van der Waals surface area (Å²) in [6, 6.07) is 4.42. The van der Waals surface area contributed by atoms with E-state index in [0.717, 1.165) is 38.8 Å². The lowest BCUT2D eigenvalue weighted by Crippen LogP contribution is -2.48. The van der Waals surface area contributed by atoms with Crippen molar-refractivity contribution in [2.75, 3.05) is 25.0 Å². The van der Waals surface area contributed by atoms with E-state index in [2.05, 4.69) is 10.2 Å². The standard InChI is InChI=1S/C17H22N2O4/c1-2-23-15(21)12-5-6-13(14(20)11-12)18-16(22)17-7-3-9-19(17)10-4-8-17/h5-6,11,20H,2-4,7-10H2,1H3,(H,18,22). The van der Waals surface area contributed by atoms with E-state index in [1.54, 1.807) is 19.1 Å². The van der Waals surface area contributed by atoms with Crippen LogP contribution < -0.4 is 5.32 Å². The number of carbonyl (C=O) groups is 2. The number of phenolic OH excluding ortho intramolecular Hbond substituents is 1. The molecule has 0 unspecified atom stereocenters. The molecule has 0 aromatic heterocycles. The van der Waals surface area contributed by atoms with Gasteiger partial charge in [0.15, 0.2) is 0 Å². The highest BCUT2D eigenvalue weighted by Gasteiger charge is 2.50. The number of benzene rings is 1. The zero-order valence-electron chi connectivity index (χ0n) is 13.3. The number of esters is 1. The Labute approximate surface area is 135 Å². The maximum absolute atomic E-state index is 12.7. The first kappa shape index (κ1) is 15.8. The topological polar surface area (TPSA) is 78.9 Å². The Morgan fingerprint density at radius 1 is 1.30 bits per heavy atom. The van der Waals surface area contributed by atoms with Gasteiger partial charge in [0.05, 0.1) is 17.9 Å². The molecule has 0 spiro atoms. The van der Waals surface area contributed by atoms with Crippen LogP contribution >= 0.6 is 0 Å². The molecule has 1 aromatic rings. The summed E-state index contributed by atoms with van der Waals surface area (Å²) in [5, 5.41) is 12.9. The molecule has 1 amide bonds. The van der Waals surface area contributed by atoms with Gasteiger partial charge in [-0.25, -0.2) is 4.79 Å². The molecule has 2 fully saturated rings. The third-order valence-corrected chi connectivity index (χ3v) is 4.82. The Morgan fingerprint density at radius 2 is 2.00 bits per heavy atom. The minimum Gasteiger partial charge on any atom is -0.506 e. The van der Waals surface area contributed by atoms with Crippen molar-refractivity contribution in [3.63, 3.8) is 0 Å². The third-order valence-electron chi connectivity index (χ3n) is 4.82. The van der Waals surface area contributed by atoms with Crippen molar-refractivity contribution >= 4 is 17.6 Å². The maximum atomic E-state index is 12.7. The molecule has 0 aliphatic carbocycles. The van der Waals surface area contributed by atoms with Crippen LogP contribution in [0, 0.1) is 0 Å². The van der Waals surface area contributed by atoms with Crippen molar-refractivity contribution in [2.24, 2.45) is 0 Å². The second-order valence-corrected chi connectivity index (χ2v) is 6.13. The molecule has 0 radical (unpaired) electrons. The number of amides is 1. The fraction of sp³-hybridized carbons (Fsp3) is 0.529. The average molecular weight is 318 g/mol. The molecule has 1 aromatic carbocycles. The monoisotopic (exact) mass is 318 g/mol. The van der Waals surface area contributed by atoms with Crippen LogP contribution in [0.3, 0.4) is 0 Å². The first-order chi connectivity index (χ1) is 11.1. The number of nitrogens with one attached hydrogen (secondary N) is 1. The lowest BCUT2D eigenvalue weighted by atomic mass is 9.93. The number of anilines is 1. The Balaban J connectivity index is 1.75. The minimum absolute atomic E-state index is 0.0633. The van der Waals surface area contributed by atoms with E-state index in [0.29, 0.717) is 5.69 Å². The van der Waals surface area contributed by atoms with E-state index in [9.17, 15) is 14.7 Å². The van der Waals surface area contributed by atoms with Gasteiger partial charge in [-0.15, -0.1) is 0 Å². The number of hydrogen-bond acceptors (Lipinski definition) is 5. The molecule has 0 saturated carbocycles. The minimum atomic E-state index is -0.489. The van der Waals surface area contributed by atoms with Crippen LogP contribution in [0.2, 0.25) is 0 Å². The lowest BCUT2D eigenvalue weighted by molar-refractivity contribution is -0.125. The fourth-order valence-corrected chi connectivity index (χ4v) is 3.69. The van der Waals surface area contributed by atoms with Crippen LogP contribution in [-0.2, 0) is 9.53 Å². The Kier molecular flexibility index (Phi) is 4.26. The van der Waals surface area contributed by atoms with Crippen LogP contribution in [0.25, 0.3) is 0 Å². The van der Waals surface area contributed by atoms with E-state index in [1.807, 2.05) is 0 Å². The maximum Gasteiger partial charge on any atom is 0.338 e. The highest BCUT2D eigenvalue weighted by Crippen LogP contribution is 2.40. The van der Waals surface area contributed by atoms with Gasteiger partial charge in [0.2, 0.25) is 5.91 Å². The van der Waals surface area contributed by atoms with Gasteiger partial charge in [-0.3, -0.25) is 9.69 Å². The molecule has 3 rings (SSSR count). The highest BCUT2D eigenvalue weighted by molar-refractivity contribution is 6.00. The molecular weight excluding hydrogens is 296 g/mol. The first-order valence-electron chi connectivity index (χ1n) is 8.13. The van der Waals surface area contributed by atoms with Crippen molar-refractivity contribution in [3.8, 4) is 5.75 Å². The van der Waals surface area contributed by atoms with E-state index >= 15 is 0 Å². The summed E-state index contributed by atoms with van der Waals surface area (Å²) in [6.45, 7) is 3.92.